The summed E-state index contributed by atoms with van der Waals surface area (Å²) in [6.45, 7) is 4.53. The van der Waals surface area contributed by atoms with Gasteiger partial charge >= 0.3 is 0 Å². The predicted octanol–water partition coefficient (Wildman–Crippen LogP) is 1.07. The molecular formula is C11H20N2O3S. The number of hydrogen-bond acceptors (Lipinski definition) is 4. The zero-order valence-electron chi connectivity index (χ0n) is 10.5. The Labute approximate surface area is 102 Å². The van der Waals surface area contributed by atoms with Crippen molar-refractivity contribution in [3.8, 4) is 0 Å². The SMILES string of the molecule is CCn1nc(C)cc1C(O)CCCS(C)(=O)=O. The highest BCUT2D eigenvalue weighted by atomic mass is 32.2. The molecular weight excluding hydrogens is 240 g/mol. The van der Waals surface area contributed by atoms with Crippen molar-refractivity contribution in [2.45, 2.75) is 39.3 Å². The highest BCUT2D eigenvalue weighted by molar-refractivity contribution is 7.90. The maximum atomic E-state index is 11.0. The average Bonchev–Trinajstić information content (AvgIpc) is 2.57. The van der Waals surface area contributed by atoms with E-state index in [1.807, 2.05) is 19.9 Å². The molecule has 98 valence electrons. The summed E-state index contributed by atoms with van der Waals surface area (Å²) in [5, 5.41) is 14.2. The Kier molecular flexibility index (Phi) is 4.70. The van der Waals surface area contributed by atoms with Crippen LogP contribution in [0.5, 0.6) is 0 Å². The van der Waals surface area contributed by atoms with E-state index in [0.717, 1.165) is 11.4 Å². The zero-order valence-corrected chi connectivity index (χ0v) is 11.4. The molecule has 1 unspecified atom stereocenters. The van der Waals surface area contributed by atoms with E-state index in [9.17, 15) is 13.5 Å². The highest BCUT2D eigenvalue weighted by Crippen LogP contribution is 2.19. The lowest BCUT2D eigenvalue weighted by Gasteiger charge is -2.11. The molecule has 1 heterocycles. The largest absolute Gasteiger partial charge is 0.387 e. The minimum atomic E-state index is -2.95. The highest BCUT2D eigenvalue weighted by Gasteiger charge is 2.14. The number of aliphatic hydroxyl groups excluding tert-OH is 1. The number of aryl methyl sites for hydroxylation is 2. The van der Waals surface area contributed by atoms with Gasteiger partial charge in [-0.3, -0.25) is 4.68 Å². The van der Waals surface area contributed by atoms with Gasteiger partial charge in [0.15, 0.2) is 0 Å². The molecule has 0 radical (unpaired) electrons. The van der Waals surface area contributed by atoms with Gasteiger partial charge in [-0.2, -0.15) is 5.10 Å². The quantitative estimate of drug-likeness (QED) is 0.830. The molecule has 0 saturated carbocycles. The summed E-state index contributed by atoms with van der Waals surface area (Å²) in [7, 11) is -2.95. The Morgan fingerprint density at radius 2 is 2.18 bits per heavy atom. The fraction of sp³-hybridized carbons (Fsp3) is 0.727. The van der Waals surface area contributed by atoms with Crippen LogP contribution < -0.4 is 0 Å². The van der Waals surface area contributed by atoms with Gasteiger partial charge in [0.25, 0.3) is 0 Å². The number of rotatable bonds is 6. The summed E-state index contributed by atoms with van der Waals surface area (Å²) >= 11 is 0. The molecule has 0 aliphatic heterocycles. The van der Waals surface area contributed by atoms with E-state index >= 15 is 0 Å². The Bertz CT molecular complexity index is 465. The Morgan fingerprint density at radius 1 is 1.53 bits per heavy atom. The van der Waals surface area contributed by atoms with Crippen LogP contribution in [-0.2, 0) is 16.4 Å². The molecule has 0 aliphatic carbocycles. The molecule has 1 rings (SSSR count). The monoisotopic (exact) mass is 260 g/mol. The van der Waals surface area contributed by atoms with Crippen LogP contribution in [0.25, 0.3) is 0 Å². The first-order valence-electron chi connectivity index (χ1n) is 5.73. The molecule has 0 aromatic carbocycles. The third kappa shape index (κ3) is 4.47. The molecule has 1 N–H and O–H groups in total. The second kappa shape index (κ2) is 5.64. The predicted molar refractivity (Wildman–Crippen MR) is 66.5 cm³/mol. The molecule has 0 saturated heterocycles. The molecule has 1 atom stereocenters. The van der Waals surface area contributed by atoms with Crippen molar-refractivity contribution >= 4 is 9.84 Å². The van der Waals surface area contributed by atoms with Gasteiger partial charge in [0.2, 0.25) is 0 Å². The van der Waals surface area contributed by atoms with Crippen molar-refractivity contribution in [3.05, 3.63) is 17.5 Å². The topological polar surface area (TPSA) is 72.2 Å². The molecule has 6 heteroatoms. The van der Waals surface area contributed by atoms with Crippen molar-refractivity contribution in [2.24, 2.45) is 0 Å². The maximum absolute atomic E-state index is 11.0. The van der Waals surface area contributed by atoms with E-state index in [-0.39, 0.29) is 5.75 Å². The van der Waals surface area contributed by atoms with Gasteiger partial charge in [0.05, 0.1) is 17.5 Å². The van der Waals surface area contributed by atoms with Gasteiger partial charge in [-0.25, -0.2) is 8.42 Å². The van der Waals surface area contributed by atoms with Gasteiger partial charge in [0.1, 0.15) is 9.84 Å². The molecule has 0 spiro atoms. The number of aliphatic hydroxyl groups is 1. The summed E-state index contributed by atoms with van der Waals surface area (Å²) in [5.74, 6) is 0.114. The summed E-state index contributed by atoms with van der Waals surface area (Å²) in [6, 6.07) is 1.84. The van der Waals surface area contributed by atoms with Crippen LogP contribution in [0.4, 0.5) is 0 Å². The lowest BCUT2D eigenvalue weighted by molar-refractivity contribution is 0.156. The van der Waals surface area contributed by atoms with Crippen molar-refractivity contribution in [1.29, 1.82) is 0 Å². The molecule has 1 aromatic rings. The molecule has 0 aliphatic rings. The Morgan fingerprint density at radius 3 is 2.71 bits per heavy atom. The fourth-order valence-electron chi connectivity index (χ4n) is 1.77. The van der Waals surface area contributed by atoms with Crippen LogP contribution in [0.2, 0.25) is 0 Å². The molecule has 17 heavy (non-hydrogen) atoms. The number of aromatic nitrogens is 2. The Hall–Kier alpha value is -0.880. The first-order chi connectivity index (χ1) is 7.83. The lowest BCUT2D eigenvalue weighted by Crippen LogP contribution is -2.10. The van der Waals surface area contributed by atoms with Crippen LogP contribution in [0.15, 0.2) is 6.07 Å². The van der Waals surface area contributed by atoms with E-state index < -0.39 is 15.9 Å². The van der Waals surface area contributed by atoms with E-state index in [4.69, 9.17) is 0 Å². The number of hydrogen-bond donors (Lipinski definition) is 1. The summed E-state index contributed by atoms with van der Waals surface area (Å²) in [5.41, 5.74) is 1.63. The molecule has 0 fully saturated rings. The van der Waals surface area contributed by atoms with Crippen LogP contribution in [0.1, 0.15) is 37.3 Å². The molecule has 1 aromatic heterocycles. The van der Waals surface area contributed by atoms with Gasteiger partial charge < -0.3 is 5.11 Å². The minimum absolute atomic E-state index is 0.114. The van der Waals surface area contributed by atoms with Crippen LogP contribution in [-0.4, -0.2) is 35.3 Å². The van der Waals surface area contributed by atoms with Crippen LogP contribution >= 0.6 is 0 Å². The van der Waals surface area contributed by atoms with Crippen molar-refractivity contribution < 1.29 is 13.5 Å². The number of sulfone groups is 1. The van der Waals surface area contributed by atoms with Gasteiger partial charge in [0, 0.05) is 18.6 Å². The van der Waals surface area contributed by atoms with Crippen molar-refractivity contribution in [2.75, 3.05) is 12.0 Å². The second-order valence-electron chi connectivity index (χ2n) is 4.31. The molecule has 0 amide bonds. The first-order valence-corrected chi connectivity index (χ1v) is 7.79. The van der Waals surface area contributed by atoms with E-state index in [1.54, 1.807) is 4.68 Å². The van der Waals surface area contributed by atoms with Gasteiger partial charge in [-0.05, 0) is 32.8 Å². The first kappa shape index (κ1) is 14.2. The molecule has 5 nitrogen and oxygen atoms in total. The summed E-state index contributed by atoms with van der Waals surface area (Å²) in [6.07, 6.45) is 1.48. The van der Waals surface area contributed by atoms with Gasteiger partial charge in [-0.1, -0.05) is 0 Å². The third-order valence-electron chi connectivity index (χ3n) is 2.57. The van der Waals surface area contributed by atoms with E-state index in [0.29, 0.717) is 19.4 Å². The smallest absolute Gasteiger partial charge is 0.147 e. The van der Waals surface area contributed by atoms with Crippen LogP contribution in [0, 0.1) is 6.92 Å². The third-order valence-corrected chi connectivity index (χ3v) is 3.60. The average molecular weight is 260 g/mol. The molecule has 0 bridgehead atoms. The number of nitrogens with zero attached hydrogens (tertiary/aromatic N) is 2. The zero-order chi connectivity index (χ0) is 13.1. The van der Waals surface area contributed by atoms with Gasteiger partial charge in [-0.15, -0.1) is 0 Å². The summed E-state index contributed by atoms with van der Waals surface area (Å²) < 4.78 is 23.7. The summed E-state index contributed by atoms with van der Waals surface area (Å²) in [4.78, 5) is 0. The standard InChI is InChI=1S/C11H20N2O3S/c1-4-13-10(8-9(2)12-13)11(14)6-5-7-17(3,15)16/h8,11,14H,4-7H2,1-3H3. The van der Waals surface area contributed by atoms with Crippen molar-refractivity contribution in [3.63, 3.8) is 0 Å². The Balaban J connectivity index is 2.60. The minimum Gasteiger partial charge on any atom is -0.387 e. The normalized spacial score (nSPS) is 13.9. The maximum Gasteiger partial charge on any atom is 0.147 e. The van der Waals surface area contributed by atoms with Crippen molar-refractivity contribution in [1.82, 2.24) is 9.78 Å². The fourth-order valence-corrected chi connectivity index (χ4v) is 2.46. The lowest BCUT2D eigenvalue weighted by atomic mass is 10.1. The van der Waals surface area contributed by atoms with E-state index in [2.05, 4.69) is 5.10 Å². The van der Waals surface area contributed by atoms with Crippen LogP contribution in [0.3, 0.4) is 0 Å². The van der Waals surface area contributed by atoms with E-state index in [1.165, 1.54) is 6.26 Å². The second-order valence-corrected chi connectivity index (χ2v) is 6.57.